The van der Waals surface area contributed by atoms with Crippen molar-refractivity contribution in [2.24, 2.45) is 0 Å². The summed E-state index contributed by atoms with van der Waals surface area (Å²) in [5.74, 6) is 0. The van der Waals surface area contributed by atoms with Crippen molar-refractivity contribution >= 4 is 99.8 Å². The predicted molar refractivity (Wildman–Crippen MR) is 370 cm³/mol. The van der Waals surface area contributed by atoms with Crippen molar-refractivity contribution in [1.82, 2.24) is 0 Å². The summed E-state index contributed by atoms with van der Waals surface area (Å²) in [5, 5.41) is 0. The van der Waals surface area contributed by atoms with Crippen LogP contribution in [-0.4, -0.2) is 212 Å². The third kappa shape index (κ3) is 33.9. The molecule has 0 aliphatic carbocycles. The summed E-state index contributed by atoms with van der Waals surface area (Å²) in [7, 11) is -27.8. The standard InChI is InChI=1S/C54H130O16Si12/c1-71(2,3)55-37-41-47(65-77(19,20)21)49(67-79(25,26)27)51(69-81(31,32)33)53(59-41)61-45(43(63-75(13,14)15)39-57-73(7,8)9)46(44(64-76(16,17)18)40-58-74(10,11)12)62-54-52(70-82(34,35)36)50(68-80(28,29)30)48(66-78(22,23)24)42(60-54)38-56-72(4,5)6/h41-54H,37-40H2,1-36H3/t41-,42?,43?,44?,45?,46?,47-,48?,49+,50?,51+,52?,53-,54?/m1/s1. The van der Waals surface area contributed by atoms with Crippen molar-refractivity contribution in [3.8, 4) is 0 Å². The van der Waals surface area contributed by atoms with Gasteiger partial charge < -0.3 is 72.1 Å². The van der Waals surface area contributed by atoms with Gasteiger partial charge in [-0.3, -0.25) is 0 Å². The summed E-state index contributed by atoms with van der Waals surface area (Å²) in [4.78, 5) is 0. The van der Waals surface area contributed by atoms with Crippen molar-refractivity contribution in [2.75, 3.05) is 26.4 Å². The highest BCUT2D eigenvalue weighted by Crippen LogP contribution is 2.40. The van der Waals surface area contributed by atoms with E-state index in [4.69, 9.17) is 72.1 Å². The summed E-state index contributed by atoms with van der Waals surface area (Å²) in [6.07, 6.45) is -10.3. The third-order valence-corrected chi connectivity index (χ3v) is 23.5. The van der Waals surface area contributed by atoms with Crippen LogP contribution in [-0.2, 0) is 72.1 Å². The number of ether oxygens (including phenoxy) is 4. The van der Waals surface area contributed by atoms with Gasteiger partial charge in [-0.25, -0.2) is 0 Å². The maximum atomic E-state index is 8.06. The molecule has 0 saturated carbocycles. The summed E-state index contributed by atoms with van der Waals surface area (Å²) in [6.45, 7) is 80.6. The van der Waals surface area contributed by atoms with E-state index < -0.39 is 186 Å². The zero-order valence-corrected chi connectivity index (χ0v) is 71.4. The van der Waals surface area contributed by atoms with Crippen molar-refractivity contribution in [3.63, 3.8) is 0 Å². The van der Waals surface area contributed by atoms with Gasteiger partial charge in [0.25, 0.3) is 0 Å². The van der Waals surface area contributed by atoms with Gasteiger partial charge >= 0.3 is 0 Å². The molecule has 0 bridgehead atoms. The topological polar surface area (TPSA) is 148 Å². The van der Waals surface area contributed by atoms with E-state index in [0.29, 0.717) is 0 Å². The van der Waals surface area contributed by atoms with Crippen LogP contribution in [0.25, 0.3) is 0 Å². The van der Waals surface area contributed by atoms with Crippen LogP contribution in [0.5, 0.6) is 0 Å². The lowest BCUT2D eigenvalue weighted by Crippen LogP contribution is -2.69. The molecule has 0 spiro atoms. The van der Waals surface area contributed by atoms with Crippen LogP contribution in [0.4, 0.5) is 0 Å². The van der Waals surface area contributed by atoms with Crippen LogP contribution in [0.2, 0.25) is 236 Å². The van der Waals surface area contributed by atoms with E-state index in [2.05, 4.69) is 236 Å². The Balaban J connectivity index is 3.51. The van der Waals surface area contributed by atoms with Crippen LogP contribution in [0.15, 0.2) is 0 Å². The molecular formula is C54H130O16Si12. The van der Waals surface area contributed by atoms with E-state index in [-0.39, 0.29) is 26.4 Å². The van der Waals surface area contributed by atoms with Crippen molar-refractivity contribution < 1.29 is 72.1 Å². The van der Waals surface area contributed by atoms with Gasteiger partial charge in [0.1, 0.15) is 61.0 Å². The highest BCUT2D eigenvalue weighted by atomic mass is 28.4. The average molecular weight is 1370 g/mol. The van der Waals surface area contributed by atoms with Crippen LogP contribution in [0.3, 0.4) is 0 Å². The lowest BCUT2D eigenvalue weighted by atomic mass is 9.97. The molecule has 0 N–H and O–H groups in total. The normalized spacial score (nSPS) is 27.4. The molecule has 82 heavy (non-hydrogen) atoms. The van der Waals surface area contributed by atoms with Crippen LogP contribution >= 0.6 is 0 Å². The lowest BCUT2D eigenvalue weighted by molar-refractivity contribution is -0.346. The molecule has 28 heteroatoms. The second kappa shape index (κ2) is 30.1. The first-order valence-electron chi connectivity index (χ1n) is 30.7. The van der Waals surface area contributed by atoms with Crippen molar-refractivity contribution in [3.05, 3.63) is 0 Å². The Bertz CT molecular complexity index is 1750. The number of hydrogen-bond donors (Lipinski definition) is 0. The fourth-order valence-electron chi connectivity index (χ4n) is 9.19. The molecule has 14 atom stereocenters. The predicted octanol–water partition coefficient (Wildman–Crippen LogP) is 14.4. The van der Waals surface area contributed by atoms with Gasteiger partial charge in [0.15, 0.2) is 112 Å². The quantitative estimate of drug-likeness (QED) is 0.0554. The van der Waals surface area contributed by atoms with Gasteiger partial charge in [-0.1, -0.05) is 0 Å². The molecule has 2 heterocycles. The number of rotatable bonds is 35. The van der Waals surface area contributed by atoms with Gasteiger partial charge in [0.2, 0.25) is 0 Å². The Hall–Kier alpha value is 1.96. The van der Waals surface area contributed by atoms with Gasteiger partial charge in [-0.15, -0.1) is 0 Å². The van der Waals surface area contributed by atoms with Crippen LogP contribution in [0.1, 0.15) is 0 Å². The molecular weight excluding hydrogens is 1240 g/mol. The van der Waals surface area contributed by atoms with E-state index >= 15 is 0 Å². The largest absolute Gasteiger partial charge is 0.415 e. The fourth-order valence-corrected chi connectivity index (χ4v) is 20.6. The minimum absolute atomic E-state index is 0.213. The van der Waals surface area contributed by atoms with Gasteiger partial charge in [0.05, 0.1) is 38.6 Å². The zero-order chi connectivity index (χ0) is 64.2. The Morgan fingerprint density at radius 1 is 0.256 bits per heavy atom. The molecule has 2 saturated heterocycles. The van der Waals surface area contributed by atoms with Crippen molar-refractivity contribution in [2.45, 2.75) is 322 Å². The van der Waals surface area contributed by atoms with E-state index in [1.807, 2.05) is 0 Å². The Labute approximate surface area is 516 Å². The Morgan fingerprint density at radius 2 is 0.476 bits per heavy atom. The molecule has 9 unspecified atom stereocenters. The smallest absolute Gasteiger partial charge is 0.186 e. The summed E-state index contributed by atoms with van der Waals surface area (Å²) >= 11 is 0. The lowest BCUT2D eigenvalue weighted by Gasteiger charge is -2.53. The van der Waals surface area contributed by atoms with Gasteiger partial charge in [-0.2, -0.15) is 0 Å². The first kappa shape index (κ1) is 80.1. The maximum absolute atomic E-state index is 8.06. The highest BCUT2D eigenvalue weighted by Gasteiger charge is 2.58. The zero-order valence-electron chi connectivity index (χ0n) is 59.4. The summed E-state index contributed by atoms with van der Waals surface area (Å²) in [5.41, 5.74) is 0. The minimum Gasteiger partial charge on any atom is -0.415 e. The molecule has 0 aromatic carbocycles. The van der Waals surface area contributed by atoms with E-state index in [1.165, 1.54) is 0 Å². The molecule has 0 aromatic heterocycles. The van der Waals surface area contributed by atoms with Crippen molar-refractivity contribution in [1.29, 1.82) is 0 Å². The molecule has 0 amide bonds. The second-order valence-corrected chi connectivity index (χ2v) is 88.4. The third-order valence-electron chi connectivity index (χ3n) is 11.5. The molecule has 16 nitrogen and oxygen atoms in total. The Morgan fingerprint density at radius 3 is 0.683 bits per heavy atom. The fraction of sp³-hybridized carbons (Fsp3) is 1.00. The van der Waals surface area contributed by atoms with Gasteiger partial charge in [-0.05, 0) is 236 Å². The molecule has 2 rings (SSSR count). The summed E-state index contributed by atoms with van der Waals surface area (Å²) in [6, 6.07) is 0. The molecule has 2 aliphatic heterocycles. The molecule has 2 fully saturated rings. The first-order chi connectivity index (χ1) is 36.1. The Kier molecular flexibility index (Phi) is 29.4. The van der Waals surface area contributed by atoms with E-state index in [9.17, 15) is 0 Å². The van der Waals surface area contributed by atoms with Crippen LogP contribution in [0, 0.1) is 0 Å². The van der Waals surface area contributed by atoms with Gasteiger partial charge in [0, 0.05) is 0 Å². The SMILES string of the molecule is C[Si](C)(C)OCC(O[Si](C)(C)C)C(OC1OC(CO[Si](C)(C)C)C(O[Si](C)(C)C)C(O[Si](C)(C)C)C1O[Si](C)(C)C)C(O[C@H]1O[C@H](CO[Si](C)(C)C)[C@@H](O[Si](C)(C)C)[C@H](O[Si](C)(C)C)[C@@H]1O[Si](C)(C)C)C(CO[Si](C)(C)C)O[Si](C)(C)C. The first-order valence-corrected chi connectivity index (χ1v) is 71.6. The monoisotopic (exact) mass is 1370 g/mol. The number of hydrogen-bond acceptors (Lipinski definition) is 16. The average Bonchev–Trinajstić information content (AvgIpc) is 3.17. The second-order valence-electron chi connectivity index (χ2n) is 34.7. The molecule has 0 aromatic rings. The molecule has 0 radical (unpaired) electrons. The maximum Gasteiger partial charge on any atom is 0.186 e. The van der Waals surface area contributed by atoms with E-state index in [1.54, 1.807) is 0 Å². The molecule has 490 valence electrons. The highest BCUT2D eigenvalue weighted by molar-refractivity contribution is 6.73. The van der Waals surface area contributed by atoms with E-state index in [0.717, 1.165) is 0 Å². The van der Waals surface area contributed by atoms with Crippen LogP contribution < -0.4 is 0 Å². The summed E-state index contributed by atoms with van der Waals surface area (Å²) < 4.78 is 118. The molecule has 2 aliphatic rings. The minimum atomic E-state index is -2.48.